The fourth-order valence-electron chi connectivity index (χ4n) is 1.34. The maximum atomic E-state index is 12.0. The normalized spacial score (nSPS) is 13.3. The van der Waals surface area contributed by atoms with Gasteiger partial charge in [-0.05, 0) is 36.7 Å². The van der Waals surface area contributed by atoms with Crippen molar-refractivity contribution in [1.29, 1.82) is 0 Å². The molecular formula is C12H21N3O2S. The van der Waals surface area contributed by atoms with Gasteiger partial charge in [0, 0.05) is 26.3 Å². The van der Waals surface area contributed by atoms with Crippen molar-refractivity contribution in [3.05, 3.63) is 24.3 Å². The van der Waals surface area contributed by atoms with Crippen molar-refractivity contribution in [1.82, 2.24) is 4.72 Å². The van der Waals surface area contributed by atoms with Crippen LogP contribution in [0.15, 0.2) is 29.2 Å². The fourth-order valence-corrected chi connectivity index (χ4v) is 2.51. The summed E-state index contributed by atoms with van der Waals surface area (Å²) in [6, 6.07) is 6.76. The summed E-state index contributed by atoms with van der Waals surface area (Å²) in [7, 11) is 0.383. The van der Waals surface area contributed by atoms with E-state index >= 15 is 0 Å². The molecule has 1 rings (SSSR count). The Hall–Kier alpha value is -1.11. The zero-order valence-electron chi connectivity index (χ0n) is 11.1. The zero-order chi connectivity index (χ0) is 13.8. The van der Waals surface area contributed by atoms with Crippen LogP contribution in [0.3, 0.4) is 0 Å². The first-order chi connectivity index (χ1) is 8.36. The van der Waals surface area contributed by atoms with Gasteiger partial charge in [-0.25, -0.2) is 13.1 Å². The van der Waals surface area contributed by atoms with Crippen molar-refractivity contribution < 1.29 is 8.42 Å². The molecule has 0 fully saturated rings. The lowest BCUT2D eigenvalue weighted by atomic mass is 10.2. The van der Waals surface area contributed by atoms with E-state index in [9.17, 15) is 8.42 Å². The molecule has 0 aliphatic heterocycles. The van der Waals surface area contributed by atoms with Gasteiger partial charge in [-0.3, -0.25) is 0 Å². The van der Waals surface area contributed by atoms with Crippen LogP contribution in [0.1, 0.15) is 6.92 Å². The molecule has 1 atom stereocenters. The van der Waals surface area contributed by atoms with Crippen LogP contribution in [0.2, 0.25) is 0 Å². The Morgan fingerprint density at radius 2 is 1.83 bits per heavy atom. The highest BCUT2D eigenvalue weighted by molar-refractivity contribution is 7.89. The first kappa shape index (κ1) is 14.9. The van der Waals surface area contributed by atoms with Crippen LogP contribution in [-0.4, -0.2) is 35.6 Å². The van der Waals surface area contributed by atoms with Gasteiger partial charge in [0.25, 0.3) is 0 Å². The number of nitrogens with zero attached hydrogens (tertiary/aromatic N) is 1. The molecule has 0 heterocycles. The minimum Gasteiger partial charge on any atom is -0.378 e. The summed E-state index contributed by atoms with van der Waals surface area (Å²) in [6.45, 7) is 2.72. The largest absolute Gasteiger partial charge is 0.378 e. The van der Waals surface area contributed by atoms with Gasteiger partial charge in [-0.2, -0.15) is 0 Å². The predicted octanol–water partition coefficient (Wildman–Crippen LogP) is 0.626. The second kappa shape index (κ2) is 6.17. The lowest BCUT2D eigenvalue weighted by Gasteiger charge is -2.14. The highest BCUT2D eigenvalue weighted by Crippen LogP contribution is 2.15. The molecule has 102 valence electrons. The highest BCUT2D eigenvalue weighted by atomic mass is 32.2. The molecule has 3 N–H and O–H groups in total. The maximum Gasteiger partial charge on any atom is 0.240 e. The quantitative estimate of drug-likeness (QED) is 0.795. The van der Waals surface area contributed by atoms with Crippen LogP contribution in [0, 0.1) is 5.92 Å². The third-order valence-corrected chi connectivity index (χ3v) is 4.13. The second-order valence-corrected chi connectivity index (χ2v) is 6.35. The van der Waals surface area contributed by atoms with E-state index < -0.39 is 10.0 Å². The minimum atomic E-state index is -3.43. The van der Waals surface area contributed by atoms with E-state index in [4.69, 9.17) is 5.73 Å². The van der Waals surface area contributed by atoms with Gasteiger partial charge in [0.1, 0.15) is 0 Å². The number of sulfonamides is 1. The van der Waals surface area contributed by atoms with Gasteiger partial charge in [-0.15, -0.1) is 0 Å². The van der Waals surface area contributed by atoms with E-state index in [1.54, 1.807) is 24.3 Å². The molecule has 6 heteroatoms. The smallest absolute Gasteiger partial charge is 0.240 e. The summed E-state index contributed by atoms with van der Waals surface area (Å²) in [5, 5.41) is 0. The number of hydrogen-bond donors (Lipinski definition) is 2. The third-order valence-electron chi connectivity index (χ3n) is 2.69. The van der Waals surface area contributed by atoms with Crippen LogP contribution in [-0.2, 0) is 10.0 Å². The van der Waals surface area contributed by atoms with Crippen molar-refractivity contribution >= 4 is 15.7 Å². The van der Waals surface area contributed by atoms with Gasteiger partial charge in [-0.1, -0.05) is 6.92 Å². The van der Waals surface area contributed by atoms with Crippen LogP contribution in [0.5, 0.6) is 0 Å². The summed E-state index contributed by atoms with van der Waals surface area (Å²) in [5.74, 6) is 0.126. The monoisotopic (exact) mass is 271 g/mol. The fraction of sp³-hybridized carbons (Fsp3) is 0.500. The van der Waals surface area contributed by atoms with Crippen LogP contribution in [0.25, 0.3) is 0 Å². The van der Waals surface area contributed by atoms with Gasteiger partial charge in [0.05, 0.1) is 4.90 Å². The third kappa shape index (κ3) is 3.97. The van der Waals surface area contributed by atoms with Gasteiger partial charge in [0.15, 0.2) is 0 Å². The topological polar surface area (TPSA) is 75.4 Å². The Morgan fingerprint density at radius 1 is 1.28 bits per heavy atom. The molecule has 18 heavy (non-hydrogen) atoms. The Bertz CT molecular complexity index is 469. The van der Waals surface area contributed by atoms with Crippen molar-refractivity contribution in [2.75, 3.05) is 32.1 Å². The van der Waals surface area contributed by atoms with Crippen LogP contribution >= 0.6 is 0 Å². The molecule has 0 aliphatic rings. The Balaban J connectivity index is 2.79. The first-order valence-electron chi connectivity index (χ1n) is 5.84. The summed E-state index contributed by atoms with van der Waals surface area (Å²) >= 11 is 0. The summed E-state index contributed by atoms with van der Waals surface area (Å²) < 4.78 is 26.5. The minimum absolute atomic E-state index is 0.126. The molecule has 1 aromatic rings. The van der Waals surface area contributed by atoms with Crippen molar-refractivity contribution in [3.8, 4) is 0 Å². The summed E-state index contributed by atoms with van der Waals surface area (Å²) in [5.41, 5.74) is 6.42. The molecule has 0 unspecified atom stereocenters. The zero-order valence-corrected chi connectivity index (χ0v) is 11.9. The Labute approximate surface area is 109 Å². The SMILES string of the molecule is C[C@@H](CN)CNS(=O)(=O)c1ccc(N(C)C)cc1. The van der Waals surface area contributed by atoms with E-state index in [1.807, 2.05) is 25.9 Å². The molecule has 0 aromatic heterocycles. The molecule has 0 bridgehead atoms. The molecule has 5 nitrogen and oxygen atoms in total. The van der Waals surface area contributed by atoms with Crippen molar-refractivity contribution in [3.63, 3.8) is 0 Å². The van der Waals surface area contributed by atoms with E-state index in [-0.39, 0.29) is 10.8 Å². The molecule has 1 aromatic carbocycles. The van der Waals surface area contributed by atoms with Gasteiger partial charge >= 0.3 is 0 Å². The molecular weight excluding hydrogens is 250 g/mol. The Kier molecular flexibility index (Phi) is 5.13. The number of nitrogens with one attached hydrogen (secondary N) is 1. The lowest BCUT2D eigenvalue weighted by Crippen LogP contribution is -2.31. The second-order valence-electron chi connectivity index (χ2n) is 4.58. The summed E-state index contributed by atoms with van der Waals surface area (Å²) in [6.07, 6.45) is 0. The average Bonchev–Trinajstić information content (AvgIpc) is 2.36. The molecule has 0 saturated carbocycles. The van der Waals surface area contributed by atoms with Gasteiger partial charge in [0.2, 0.25) is 10.0 Å². The van der Waals surface area contributed by atoms with Crippen LogP contribution < -0.4 is 15.4 Å². The molecule has 0 aliphatic carbocycles. The number of benzene rings is 1. The lowest BCUT2D eigenvalue weighted by molar-refractivity contribution is 0.545. The molecule has 0 saturated heterocycles. The Morgan fingerprint density at radius 3 is 2.28 bits per heavy atom. The van der Waals surface area contributed by atoms with Gasteiger partial charge < -0.3 is 10.6 Å². The number of rotatable bonds is 6. The molecule has 0 spiro atoms. The number of nitrogens with two attached hydrogens (primary N) is 1. The van der Waals surface area contributed by atoms with E-state index in [2.05, 4.69) is 4.72 Å². The van der Waals surface area contributed by atoms with Crippen LogP contribution in [0.4, 0.5) is 5.69 Å². The summed E-state index contributed by atoms with van der Waals surface area (Å²) in [4.78, 5) is 2.19. The highest BCUT2D eigenvalue weighted by Gasteiger charge is 2.14. The van der Waals surface area contributed by atoms with E-state index in [0.29, 0.717) is 13.1 Å². The average molecular weight is 271 g/mol. The standard InChI is InChI=1S/C12H21N3O2S/c1-10(8-13)9-14-18(16,17)12-6-4-11(5-7-12)15(2)3/h4-7,10,14H,8-9,13H2,1-3H3/t10-/m0/s1. The van der Waals surface area contributed by atoms with Crippen molar-refractivity contribution in [2.45, 2.75) is 11.8 Å². The van der Waals surface area contributed by atoms with E-state index in [1.165, 1.54) is 0 Å². The molecule has 0 amide bonds. The predicted molar refractivity (Wildman–Crippen MR) is 74.2 cm³/mol. The maximum absolute atomic E-state index is 12.0. The number of anilines is 1. The molecule has 0 radical (unpaired) electrons. The first-order valence-corrected chi connectivity index (χ1v) is 7.32. The van der Waals surface area contributed by atoms with E-state index in [0.717, 1.165) is 5.69 Å². The van der Waals surface area contributed by atoms with Crippen molar-refractivity contribution in [2.24, 2.45) is 11.7 Å². The number of hydrogen-bond acceptors (Lipinski definition) is 4.